The number of aryl methyl sites for hydroxylation is 1. The van der Waals surface area contributed by atoms with E-state index >= 15 is 0 Å². The Morgan fingerprint density at radius 1 is 1.00 bits per heavy atom. The van der Waals surface area contributed by atoms with Gasteiger partial charge in [0.15, 0.2) is 6.73 Å². The van der Waals surface area contributed by atoms with Gasteiger partial charge in [-0.25, -0.2) is 21.8 Å². The number of anilines is 1. The van der Waals surface area contributed by atoms with E-state index in [9.17, 15) is 25.9 Å². The molecule has 0 aliphatic heterocycles. The van der Waals surface area contributed by atoms with Crippen molar-refractivity contribution in [3.63, 3.8) is 0 Å². The molecule has 0 amide bonds. The number of ether oxygens (including phenoxy) is 1. The average Bonchev–Trinajstić information content (AvgIpc) is 2.92. The molecule has 3 rings (SSSR count). The van der Waals surface area contributed by atoms with Crippen LogP contribution in [0.4, 0.5) is 5.69 Å². The van der Waals surface area contributed by atoms with Crippen molar-refractivity contribution in [3.05, 3.63) is 41.4 Å². The van der Waals surface area contributed by atoms with Crippen LogP contribution >= 0.6 is 11.3 Å². The number of benzene rings is 2. The van der Waals surface area contributed by atoms with Crippen LogP contribution < -0.4 is 69.2 Å². The fourth-order valence-corrected chi connectivity index (χ4v) is 4.22. The summed E-state index contributed by atoms with van der Waals surface area (Å²) in [5, 5.41) is 3.82. The third-order valence-electron chi connectivity index (χ3n) is 3.44. The number of rotatable bonds is 6. The van der Waals surface area contributed by atoms with E-state index in [1.807, 2.05) is 13.0 Å². The van der Waals surface area contributed by atoms with Crippen LogP contribution in [0.5, 0.6) is 5.75 Å². The molecule has 0 unspecified atom stereocenters. The predicted octanol–water partition coefficient (Wildman–Crippen LogP) is -4.13. The standard InChI is InChI=1S/C15H14N2O7S3.2Na/c1-9-17-14-4-10(2-3-15(14)25-9)16-8-24-11-5-12(26(18,19)20)7-13(6-11)27(21,22)23;;/h2-7,16H,8H2,1H3,(H,18,19,20)(H,21,22,23);;/q;2*+1/p-2. The molecule has 0 saturated carbocycles. The summed E-state index contributed by atoms with van der Waals surface area (Å²) in [5.74, 6) is -0.251. The monoisotopic (exact) mass is 474 g/mol. The quantitative estimate of drug-likeness (QED) is 0.214. The fourth-order valence-electron chi connectivity index (χ4n) is 2.27. The van der Waals surface area contributed by atoms with Crippen molar-refractivity contribution in [2.75, 3.05) is 12.0 Å². The Morgan fingerprint density at radius 3 is 2.14 bits per heavy atom. The van der Waals surface area contributed by atoms with E-state index in [4.69, 9.17) is 4.74 Å². The minimum atomic E-state index is -4.97. The van der Waals surface area contributed by atoms with E-state index in [0.717, 1.165) is 27.4 Å². The predicted molar refractivity (Wildman–Crippen MR) is 95.8 cm³/mol. The molecule has 0 saturated heterocycles. The first-order chi connectivity index (χ1) is 12.5. The van der Waals surface area contributed by atoms with Gasteiger partial charge in [-0.1, -0.05) is 0 Å². The zero-order chi connectivity index (χ0) is 19.8. The van der Waals surface area contributed by atoms with Gasteiger partial charge in [0.25, 0.3) is 0 Å². The van der Waals surface area contributed by atoms with Crippen molar-refractivity contribution in [2.24, 2.45) is 0 Å². The molecule has 14 heteroatoms. The summed E-state index contributed by atoms with van der Waals surface area (Å²) in [6, 6.07) is 7.65. The SMILES string of the molecule is Cc1nc2cc(NCOc3cc(S(=O)(=O)[O-])cc(S(=O)(=O)[O-])c3)ccc2s1.[Na+].[Na+]. The first-order valence-electron chi connectivity index (χ1n) is 7.33. The van der Waals surface area contributed by atoms with Gasteiger partial charge in [-0.15, -0.1) is 11.3 Å². The summed E-state index contributed by atoms with van der Waals surface area (Å²) in [6.07, 6.45) is 0. The van der Waals surface area contributed by atoms with Gasteiger partial charge in [0, 0.05) is 5.69 Å². The van der Waals surface area contributed by atoms with E-state index in [0.29, 0.717) is 11.8 Å². The van der Waals surface area contributed by atoms with Crippen LogP contribution in [-0.4, -0.2) is 37.7 Å². The molecule has 0 atom stereocenters. The smallest absolute Gasteiger partial charge is 0.744 e. The van der Waals surface area contributed by atoms with Gasteiger partial charge in [0.2, 0.25) is 0 Å². The van der Waals surface area contributed by atoms with Crippen molar-refractivity contribution in [1.29, 1.82) is 0 Å². The molecule has 1 N–H and O–H groups in total. The Morgan fingerprint density at radius 2 is 1.59 bits per heavy atom. The van der Waals surface area contributed by atoms with Crippen molar-refractivity contribution in [3.8, 4) is 5.75 Å². The Labute approximate surface area is 216 Å². The van der Waals surface area contributed by atoms with Crippen LogP contribution in [-0.2, 0) is 20.2 Å². The number of thiazole rings is 1. The first-order valence-corrected chi connectivity index (χ1v) is 11.0. The molecule has 29 heavy (non-hydrogen) atoms. The van der Waals surface area contributed by atoms with E-state index < -0.39 is 30.0 Å². The molecule has 1 aromatic heterocycles. The summed E-state index contributed by atoms with van der Waals surface area (Å²) in [4.78, 5) is 2.62. The van der Waals surface area contributed by atoms with Crippen molar-refractivity contribution >= 4 is 47.5 Å². The number of nitrogens with zero attached hydrogens (tertiary/aromatic N) is 1. The van der Waals surface area contributed by atoms with Crippen molar-refractivity contribution in [1.82, 2.24) is 4.98 Å². The number of aromatic nitrogens is 1. The molecule has 1 heterocycles. The second kappa shape index (κ2) is 10.4. The van der Waals surface area contributed by atoms with Gasteiger partial charge in [-0.05, 0) is 43.3 Å². The van der Waals surface area contributed by atoms with Gasteiger partial charge >= 0.3 is 59.1 Å². The molecular formula is C15H12N2Na2O7S3. The first kappa shape index (κ1) is 26.8. The zero-order valence-electron chi connectivity index (χ0n) is 15.7. The largest absolute Gasteiger partial charge is 1.00 e. The topological polar surface area (TPSA) is 149 Å². The molecule has 144 valence electrons. The molecule has 0 bridgehead atoms. The molecule has 0 fully saturated rings. The summed E-state index contributed by atoms with van der Waals surface area (Å²) in [5.41, 5.74) is 1.46. The molecular weight excluding hydrogens is 462 g/mol. The molecule has 0 aliphatic rings. The van der Waals surface area contributed by atoms with Gasteiger partial charge in [0.1, 0.15) is 26.0 Å². The molecule has 0 aliphatic carbocycles. The maximum atomic E-state index is 11.2. The van der Waals surface area contributed by atoms with Gasteiger partial charge in [-0.2, -0.15) is 0 Å². The van der Waals surface area contributed by atoms with Gasteiger partial charge in [0.05, 0.1) is 25.0 Å². The second-order valence-corrected chi connectivity index (χ2v) is 9.42. The maximum Gasteiger partial charge on any atom is 1.00 e. The van der Waals surface area contributed by atoms with Crippen molar-refractivity contribution in [2.45, 2.75) is 16.7 Å². The van der Waals surface area contributed by atoms with Crippen LogP contribution in [0.25, 0.3) is 10.2 Å². The van der Waals surface area contributed by atoms with Crippen LogP contribution in [0.3, 0.4) is 0 Å². The maximum absolute atomic E-state index is 11.2. The fraction of sp³-hybridized carbons (Fsp3) is 0.133. The van der Waals surface area contributed by atoms with Gasteiger partial charge in [-0.3, -0.25) is 0 Å². The van der Waals surface area contributed by atoms with Crippen LogP contribution in [0, 0.1) is 6.92 Å². The van der Waals surface area contributed by atoms with E-state index in [-0.39, 0.29) is 71.6 Å². The zero-order valence-corrected chi connectivity index (χ0v) is 22.2. The summed E-state index contributed by atoms with van der Waals surface area (Å²) in [7, 11) is -9.94. The van der Waals surface area contributed by atoms with Gasteiger partial charge < -0.3 is 19.2 Å². The summed E-state index contributed by atoms with van der Waals surface area (Å²) >= 11 is 1.55. The van der Waals surface area contributed by atoms with E-state index in [2.05, 4.69) is 10.3 Å². The molecule has 9 nitrogen and oxygen atoms in total. The third kappa shape index (κ3) is 7.14. The van der Waals surface area contributed by atoms with Crippen LogP contribution in [0.15, 0.2) is 46.2 Å². The second-order valence-electron chi connectivity index (χ2n) is 5.43. The molecule has 3 aromatic rings. The number of fused-ring (bicyclic) bond motifs is 1. The summed E-state index contributed by atoms with van der Waals surface area (Å²) < 4.78 is 73.2. The van der Waals surface area contributed by atoms with Crippen LogP contribution in [0.2, 0.25) is 0 Å². The Bertz CT molecular complexity index is 1180. The van der Waals surface area contributed by atoms with Crippen LogP contribution in [0.1, 0.15) is 5.01 Å². The Balaban J connectivity index is 0.00000210. The molecule has 0 spiro atoms. The number of hydrogen-bond donors (Lipinski definition) is 1. The minimum absolute atomic E-state index is 0. The van der Waals surface area contributed by atoms with E-state index in [1.165, 1.54) is 0 Å². The minimum Gasteiger partial charge on any atom is -0.744 e. The number of hydrogen-bond acceptors (Lipinski definition) is 10. The Hall–Kier alpha value is -0.250. The summed E-state index contributed by atoms with van der Waals surface area (Å²) in [6.45, 7) is 1.72. The van der Waals surface area contributed by atoms with E-state index in [1.54, 1.807) is 23.5 Å². The third-order valence-corrected chi connectivity index (χ3v) is 6.02. The number of nitrogens with one attached hydrogen (secondary N) is 1. The Kier molecular flexibility index (Phi) is 9.58. The van der Waals surface area contributed by atoms with Crippen molar-refractivity contribution < 1.29 is 89.8 Å². The molecule has 0 radical (unpaired) electrons. The normalized spacial score (nSPS) is 11.4. The average molecular weight is 474 g/mol. The molecule has 2 aromatic carbocycles.